The normalized spacial score (nSPS) is 26.6. The minimum absolute atomic E-state index is 0.0485. The molecule has 0 unspecified atom stereocenters. The van der Waals surface area contributed by atoms with Crippen LogP contribution in [0.2, 0.25) is 0 Å². The van der Waals surface area contributed by atoms with Gasteiger partial charge in [-0.1, -0.05) is 12.1 Å². The van der Waals surface area contributed by atoms with Crippen molar-refractivity contribution in [3.63, 3.8) is 0 Å². The molecule has 0 radical (unpaired) electrons. The number of rotatable bonds is 0. The zero-order valence-electron chi connectivity index (χ0n) is 7.66. The molecule has 70 valence electrons. The molecule has 1 aromatic rings. The third kappa shape index (κ3) is 1.60. The van der Waals surface area contributed by atoms with Crippen LogP contribution in [0.3, 0.4) is 0 Å². The lowest BCUT2D eigenvalue weighted by molar-refractivity contribution is 0.200. The van der Waals surface area contributed by atoms with E-state index in [0.717, 1.165) is 18.0 Å². The third-order valence-electron chi connectivity index (χ3n) is 2.33. The van der Waals surface area contributed by atoms with Crippen LogP contribution >= 0.6 is 0 Å². The van der Waals surface area contributed by atoms with Crippen LogP contribution in [-0.4, -0.2) is 18.7 Å². The van der Waals surface area contributed by atoms with Gasteiger partial charge in [-0.25, -0.2) is 0 Å². The molecule has 0 bridgehead atoms. The van der Waals surface area contributed by atoms with Crippen LogP contribution in [0.4, 0.5) is 5.69 Å². The average Bonchev–Trinajstić information content (AvgIpc) is 2.28. The highest BCUT2D eigenvalue weighted by Gasteiger charge is 2.19. The molecule has 13 heavy (non-hydrogen) atoms. The Morgan fingerprint density at radius 1 is 1.46 bits per heavy atom. The van der Waals surface area contributed by atoms with E-state index in [-0.39, 0.29) is 12.1 Å². The Hall–Kier alpha value is -1.22. The highest BCUT2D eigenvalue weighted by molar-refractivity contribution is 5.57. The summed E-state index contributed by atoms with van der Waals surface area (Å²) in [5.74, 6) is 0.892. The summed E-state index contributed by atoms with van der Waals surface area (Å²) in [5, 5.41) is 3.26. The summed E-state index contributed by atoms with van der Waals surface area (Å²) in [4.78, 5) is 0. The first-order valence-electron chi connectivity index (χ1n) is 4.52. The van der Waals surface area contributed by atoms with E-state index < -0.39 is 0 Å². The third-order valence-corrected chi connectivity index (χ3v) is 2.33. The van der Waals surface area contributed by atoms with Gasteiger partial charge in [0.15, 0.2) is 0 Å². The van der Waals surface area contributed by atoms with Crippen molar-refractivity contribution in [3.8, 4) is 5.75 Å². The van der Waals surface area contributed by atoms with Gasteiger partial charge in [0.05, 0.1) is 11.7 Å². The van der Waals surface area contributed by atoms with E-state index >= 15 is 0 Å². The Morgan fingerprint density at radius 2 is 2.23 bits per heavy atom. The minimum Gasteiger partial charge on any atom is -0.487 e. The molecule has 1 heterocycles. The largest absolute Gasteiger partial charge is 0.487 e. The maximum absolute atomic E-state index is 5.87. The summed E-state index contributed by atoms with van der Waals surface area (Å²) in [6.07, 6.45) is 0.0659. The summed E-state index contributed by atoms with van der Waals surface area (Å²) in [7, 11) is 0. The number of para-hydroxylation sites is 2. The predicted molar refractivity (Wildman–Crippen MR) is 53.0 cm³/mol. The fourth-order valence-electron chi connectivity index (χ4n) is 1.40. The molecule has 2 atom stereocenters. The molecule has 3 nitrogen and oxygen atoms in total. The molecular weight excluding hydrogens is 164 g/mol. The number of anilines is 1. The summed E-state index contributed by atoms with van der Waals surface area (Å²) in [6.45, 7) is 2.76. The molecule has 1 aliphatic heterocycles. The fraction of sp³-hybridized carbons (Fsp3) is 0.400. The van der Waals surface area contributed by atoms with Gasteiger partial charge in [0.2, 0.25) is 0 Å². The quantitative estimate of drug-likeness (QED) is 0.627. The van der Waals surface area contributed by atoms with Gasteiger partial charge in [-0.2, -0.15) is 0 Å². The first-order valence-corrected chi connectivity index (χ1v) is 4.52. The van der Waals surface area contributed by atoms with Crippen molar-refractivity contribution in [2.24, 2.45) is 5.73 Å². The highest BCUT2D eigenvalue weighted by Crippen LogP contribution is 2.27. The Kier molecular flexibility index (Phi) is 2.10. The lowest BCUT2D eigenvalue weighted by atomic mass is 10.2. The van der Waals surface area contributed by atoms with E-state index in [2.05, 4.69) is 5.32 Å². The van der Waals surface area contributed by atoms with Crippen molar-refractivity contribution in [1.82, 2.24) is 0 Å². The van der Waals surface area contributed by atoms with Crippen molar-refractivity contribution >= 4 is 5.69 Å². The van der Waals surface area contributed by atoms with Crippen molar-refractivity contribution < 1.29 is 4.74 Å². The molecule has 3 heteroatoms. The van der Waals surface area contributed by atoms with E-state index in [1.807, 2.05) is 31.2 Å². The van der Waals surface area contributed by atoms with Gasteiger partial charge < -0.3 is 15.8 Å². The SMILES string of the molecule is C[C@H]1Oc2ccccc2NC[C@@H]1N. The van der Waals surface area contributed by atoms with Crippen LogP contribution in [-0.2, 0) is 0 Å². The first-order chi connectivity index (χ1) is 6.27. The van der Waals surface area contributed by atoms with Crippen LogP contribution < -0.4 is 15.8 Å². The molecule has 1 aromatic carbocycles. The monoisotopic (exact) mass is 178 g/mol. The second-order valence-corrected chi connectivity index (χ2v) is 3.36. The van der Waals surface area contributed by atoms with Crippen LogP contribution in [0.1, 0.15) is 6.92 Å². The van der Waals surface area contributed by atoms with Crippen LogP contribution in [0.15, 0.2) is 24.3 Å². The van der Waals surface area contributed by atoms with Crippen molar-refractivity contribution in [2.75, 3.05) is 11.9 Å². The van der Waals surface area contributed by atoms with Gasteiger partial charge in [0.1, 0.15) is 11.9 Å². The molecule has 0 saturated heterocycles. The zero-order chi connectivity index (χ0) is 9.26. The molecule has 0 aliphatic carbocycles. The summed E-state index contributed by atoms with van der Waals surface area (Å²) >= 11 is 0. The Balaban J connectivity index is 2.29. The Bertz CT molecular complexity index is 301. The van der Waals surface area contributed by atoms with Crippen LogP contribution in [0, 0.1) is 0 Å². The maximum Gasteiger partial charge on any atom is 0.142 e. The lowest BCUT2D eigenvalue weighted by Crippen LogP contribution is -2.40. The number of benzene rings is 1. The number of hydrogen-bond donors (Lipinski definition) is 2. The lowest BCUT2D eigenvalue weighted by Gasteiger charge is -2.16. The van der Waals surface area contributed by atoms with Crippen molar-refractivity contribution in [2.45, 2.75) is 19.1 Å². The van der Waals surface area contributed by atoms with Gasteiger partial charge in [-0.05, 0) is 19.1 Å². The van der Waals surface area contributed by atoms with Crippen LogP contribution in [0.25, 0.3) is 0 Å². The Labute approximate surface area is 77.9 Å². The number of nitrogens with two attached hydrogens (primary N) is 1. The molecular formula is C10H14N2O. The van der Waals surface area contributed by atoms with Gasteiger partial charge in [-0.15, -0.1) is 0 Å². The molecule has 0 amide bonds. The van der Waals surface area contributed by atoms with E-state index in [9.17, 15) is 0 Å². The van der Waals surface area contributed by atoms with E-state index in [0.29, 0.717) is 0 Å². The summed E-state index contributed by atoms with van der Waals surface area (Å²) in [6, 6.07) is 7.95. The number of ether oxygens (including phenoxy) is 1. The van der Waals surface area contributed by atoms with Crippen LogP contribution in [0.5, 0.6) is 5.75 Å². The minimum atomic E-state index is 0.0485. The highest BCUT2D eigenvalue weighted by atomic mass is 16.5. The molecule has 1 aliphatic rings. The predicted octanol–water partition coefficient (Wildman–Crippen LogP) is 1.21. The average molecular weight is 178 g/mol. The summed E-state index contributed by atoms with van der Waals surface area (Å²) < 4.78 is 5.68. The van der Waals surface area contributed by atoms with E-state index in [4.69, 9.17) is 10.5 Å². The molecule has 0 spiro atoms. The standard InChI is InChI=1S/C10H14N2O/c1-7-8(11)6-12-9-4-2-3-5-10(9)13-7/h2-5,7-8,12H,6,11H2,1H3/t7-,8+/m1/s1. The Morgan fingerprint density at radius 3 is 3.08 bits per heavy atom. The number of nitrogens with one attached hydrogen (secondary N) is 1. The molecule has 0 fully saturated rings. The summed E-state index contributed by atoms with van der Waals surface area (Å²) in [5.41, 5.74) is 6.90. The number of fused-ring (bicyclic) bond motifs is 1. The second kappa shape index (κ2) is 3.26. The van der Waals surface area contributed by atoms with Crippen molar-refractivity contribution in [3.05, 3.63) is 24.3 Å². The van der Waals surface area contributed by atoms with Gasteiger partial charge in [0.25, 0.3) is 0 Å². The van der Waals surface area contributed by atoms with Crippen molar-refractivity contribution in [1.29, 1.82) is 0 Å². The maximum atomic E-state index is 5.87. The smallest absolute Gasteiger partial charge is 0.142 e. The van der Waals surface area contributed by atoms with E-state index in [1.54, 1.807) is 0 Å². The van der Waals surface area contributed by atoms with Gasteiger partial charge in [0, 0.05) is 6.54 Å². The topological polar surface area (TPSA) is 47.3 Å². The molecule has 0 saturated carbocycles. The molecule has 0 aromatic heterocycles. The molecule has 2 rings (SSSR count). The fourth-order valence-corrected chi connectivity index (χ4v) is 1.40. The first kappa shape index (κ1) is 8.38. The second-order valence-electron chi connectivity index (χ2n) is 3.36. The number of hydrogen-bond acceptors (Lipinski definition) is 3. The van der Waals surface area contributed by atoms with E-state index in [1.165, 1.54) is 0 Å². The zero-order valence-corrected chi connectivity index (χ0v) is 7.66. The van der Waals surface area contributed by atoms with Gasteiger partial charge in [-0.3, -0.25) is 0 Å². The molecule has 3 N–H and O–H groups in total. The van der Waals surface area contributed by atoms with Gasteiger partial charge >= 0.3 is 0 Å².